The monoisotopic (exact) mass is 448 g/mol. The van der Waals surface area contributed by atoms with Gasteiger partial charge in [0.25, 0.3) is 0 Å². The van der Waals surface area contributed by atoms with Gasteiger partial charge in [0.05, 0.1) is 11.4 Å². The van der Waals surface area contributed by atoms with Gasteiger partial charge in [0.1, 0.15) is 11.4 Å². The third kappa shape index (κ3) is 5.14. The third-order valence-corrected chi connectivity index (χ3v) is 5.32. The molecule has 3 N–H and O–H groups in total. The fourth-order valence-corrected chi connectivity index (χ4v) is 3.67. The van der Waals surface area contributed by atoms with E-state index in [2.05, 4.69) is 20.1 Å². The molecule has 3 aromatic rings. The van der Waals surface area contributed by atoms with Crippen LogP contribution in [0.15, 0.2) is 48.7 Å². The summed E-state index contributed by atoms with van der Waals surface area (Å²) < 4.78 is 5.48. The maximum absolute atomic E-state index is 12.3. The van der Waals surface area contributed by atoms with E-state index in [9.17, 15) is 9.90 Å². The zero-order valence-corrected chi connectivity index (χ0v) is 19.0. The van der Waals surface area contributed by atoms with Crippen molar-refractivity contribution in [2.24, 2.45) is 0 Å². The van der Waals surface area contributed by atoms with Crippen molar-refractivity contribution in [2.75, 3.05) is 36.8 Å². The number of phenols is 1. The molecule has 1 saturated heterocycles. The molecular weight excluding hydrogens is 420 g/mol. The standard InChI is InChI=1S/C24H28N6O3/c1-24(2,3)33-23(32)30-12-10-29(11-13-30)16-8-9-26-19(14-16)18-15-20(27-28-22(18)25)17-6-4-5-7-21(17)31/h4-9,14-15,31H,10-13H2,1-3H3,(H2,25,28). The van der Waals surface area contributed by atoms with Gasteiger partial charge in [-0.25, -0.2) is 4.79 Å². The summed E-state index contributed by atoms with van der Waals surface area (Å²) in [4.78, 5) is 20.7. The summed E-state index contributed by atoms with van der Waals surface area (Å²) in [5.41, 5.74) is 8.96. The smallest absolute Gasteiger partial charge is 0.410 e. The fraction of sp³-hybridized carbons (Fsp3) is 0.333. The Bertz CT molecular complexity index is 1150. The number of carbonyl (C=O) groups excluding carboxylic acids is 1. The number of nitrogen functional groups attached to an aromatic ring is 1. The van der Waals surface area contributed by atoms with E-state index in [-0.39, 0.29) is 17.7 Å². The van der Waals surface area contributed by atoms with Crippen LogP contribution in [0.2, 0.25) is 0 Å². The van der Waals surface area contributed by atoms with Crippen LogP contribution in [-0.2, 0) is 4.74 Å². The average molecular weight is 449 g/mol. The van der Waals surface area contributed by atoms with Crippen molar-refractivity contribution in [3.05, 3.63) is 48.7 Å². The Balaban J connectivity index is 1.53. The molecule has 0 spiro atoms. The van der Waals surface area contributed by atoms with Crippen molar-refractivity contribution >= 4 is 17.6 Å². The summed E-state index contributed by atoms with van der Waals surface area (Å²) in [6, 6.07) is 12.6. The Morgan fingerprint density at radius 1 is 1.00 bits per heavy atom. The number of carbonyl (C=O) groups is 1. The Hall–Kier alpha value is -3.88. The van der Waals surface area contributed by atoms with Gasteiger partial charge in [0, 0.05) is 49.2 Å². The van der Waals surface area contributed by atoms with E-state index < -0.39 is 5.60 Å². The van der Waals surface area contributed by atoms with Crippen LogP contribution in [0.1, 0.15) is 20.8 Å². The van der Waals surface area contributed by atoms with Gasteiger partial charge in [0.15, 0.2) is 5.82 Å². The minimum atomic E-state index is -0.512. The highest BCUT2D eigenvalue weighted by molar-refractivity contribution is 5.78. The molecule has 1 aliphatic heterocycles. The van der Waals surface area contributed by atoms with E-state index in [0.29, 0.717) is 48.7 Å². The predicted molar refractivity (Wildman–Crippen MR) is 127 cm³/mol. The van der Waals surface area contributed by atoms with Crippen molar-refractivity contribution in [3.63, 3.8) is 0 Å². The molecule has 2 aromatic heterocycles. The number of ether oxygens (including phenoxy) is 1. The van der Waals surface area contributed by atoms with Crippen LogP contribution in [0.3, 0.4) is 0 Å². The van der Waals surface area contributed by atoms with E-state index in [4.69, 9.17) is 10.5 Å². The molecule has 0 aliphatic carbocycles. The van der Waals surface area contributed by atoms with Crippen LogP contribution in [0.4, 0.5) is 16.3 Å². The SMILES string of the molecule is CC(C)(C)OC(=O)N1CCN(c2ccnc(-c3cc(-c4ccccc4O)nnc3N)c2)CC1. The summed E-state index contributed by atoms with van der Waals surface area (Å²) >= 11 is 0. The van der Waals surface area contributed by atoms with Crippen molar-refractivity contribution in [1.82, 2.24) is 20.1 Å². The Morgan fingerprint density at radius 3 is 2.42 bits per heavy atom. The topological polar surface area (TPSA) is 118 Å². The molecule has 9 heteroatoms. The summed E-state index contributed by atoms with van der Waals surface area (Å²) in [7, 11) is 0. The first kappa shape index (κ1) is 22.3. The molecule has 33 heavy (non-hydrogen) atoms. The number of para-hydroxylation sites is 1. The van der Waals surface area contributed by atoms with E-state index in [0.717, 1.165) is 5.69 Å². The lowest BCUT2D eigenvalue weighted by Crippen LogP contribution is -2.50. The number of anilines is 2. The summed E-state index contributed by atoms with van der Waals surface area (Å²) in [5, 5.41) is 18.4. The van der Waals surface area contributed by atoms with E-state index in [1.54, 1.807) is 35.4 Å². The van der Waals surface area contributed by atoms with Crippen LogP contribution < -0.4 is 10.6 Å². The molecule has 3 heterocycles. The van der Waals surface area contributed by atoms with Crippen molar-refractivity contribution < 1.29 is 14.6 Å². The Labute approximate surface area is 192 Å². The molecule has 9 nitrogen and oxygen atoms in total. The predicted octanol–water partition coefficient (Wildman–Crippen LogP) is 3.55. The number of pyridine rings is 1. The Kier molecular flexibility index (Phi) is 6.04. The lowest BCUT2D eigenvalue weighted by molar-refractivity contribution is 0.0240. The van der Waals surface area contributed by atoms with Crippen molar-refractivity contribution in [1.29, 1.82) is 0 Å². The highest BCUT2D eigenvalue weighted by Gasteiger charge is 2.26. The average Bonchev–Trinajstić information content (AvgIpc) is 2.79. The number of benzene rings is 1. The summed E-state index contributed by atoms with van der Waals surface area (Å²) in [5.74, 6) is 0.376. The fourth-order valence-electron chi connectivity index (χ4n) is 3.67. The molecule has 1 aromatic carbocycles. The van der Waals surface area contributed by atoms with Crippen molar-refractivity contribution in [2.45, 2.75) is 26.4 Å². The zero-order valence-electron chi connectivity index (χ0n) is 19.0. The number of amides is 1. The van der Waals surface area contributed by atoms with Gasteiger partial charge in [-0.1, -0.05) is 12.1 Å². The Morgan fingerprint density at radius 2 is 1.73 bits per heavy atom. The maximum atomic E-state index is 12.3. The summed E-state index contributed by atoms with van der Waals surface area (Å²) in [6.45, 7) is 8.09. The second-order valence-electron chi connectivity index (χ2n) is 8.90. The van der Waals surface area contributed by atoms with Gasteiger partial charge < -0.3 is 25.4 Å². The lowest BCUT2D eigenvalue weighted by atomic mass is 10.1. The molecule has 0 saturated carbocycles. The number of aromatic nitrogens is 3. The molecule has 1 amide bonds. The highest BCUT2D eigenvalue weighted by Crippen LogP contribution is 2.32. The van der Waals surface area contributed by atoms with Gasteiger partial charge >= 0.3 is 6.09 Å². The number of nitrogens with zero attached hydrogens (tertiary/aromatic N) is 5. The quantitative estimate of drug-likeness (QED) is 0.625. The van der Waals surface area contributed by atoms with Crippen LogP contribution in [0.5, 0.6) is 5.75 Å². The van der Waals surface area contributed by atoms with Gasteiger partial charge in [0.2, 0.25) is 0 Å². The normalized spacial score (nSPS) is 14.3. The molecule has 0 unspecified atom stereocenters. The molecular formula is C24H28N6O3. The van der Waals surface area contributed by atoms with E-state index in [1.807, 2.05) is 39.0 Å². The lowest BCUT2D eigenvalue weighted by Gasteiger charge is -2.36. The van der Waals surface area contributed by atoms with Crippen LogP contribution in [0.25, 0.3) is 22.5 Å². The van der Waals surface area contributed by atoms with Gasteiger partial charge in [-0.05, 0) is 51.1 Å². The number of aromatic hydroxyl groups is 1. The number of nitrogens with two attached hydrogens (primary N) is 1. The van der Waals surface area contributed by atoms with Gasteiger partial charge in [-0.2, -0.15) is 0 Å². The van der Waals surface area contributed by atoms with Crippen LogP contribution >= 0.6 is 0 Å². The highest BCUT2D eigenvalue weighted by atomic mass is 16.6. The molecule has 4 rings (SSSR count). The number of rotatable bonds is 3. The second-order valence-corrected chi connectivity index (χ2v) is 8.90. The molecule has 0 bridgehead atoms. The molecule has 172 valence electrons. The van der Waals surface area contributed by atoms with Crippen LogP contribution in [0, 0.1) is 0 Å². The van der Waals surface area contributed by atoms with E-state index in [1.165, 1.54) is 0 Å². The van der Waals surface area contributed by atoms with Crippen molar-refractivity contribution in [3.8, 4) is 28.3 Å². The number of phenolic OH excluding ortho intramolecular Hbond substituents is 1. The molecule has 0 atom stereocenters. The molecule has 0 radical (unpaired) electrons. The largest absolute Gasteiger partial charge is 0.507 e. The van der Waals surface area contributed by atoms with Gasteiger partial charge in [-0.15, -0.1) is 10.2 Å². The molecule has 1 fully saturated rings. The zero-order chi connectivity index (χ0) is 23.6. The maximum Gasteiger partial charge on any atom is 0.410 e. The summed E-state index contributed by atoms with van der Waals surface area (Å²) in [6.07, 6.45) is 1.44. The molecule has 1 aliphatic rings. The van der Waals surface area contributed by atoms with Crippen LogP contribution in [-0.4, -0.2) is 63.1 Å². The first-order chi connectivity index (χ1) is 15.7. The number of piperazine rings is 1. The second kappa shape index (κ2) is 8.93. The van der Waals surface area contributed by atoms with Gasteiger partial charge in [-0.3, -0.25) is 4.98 Å². The first-order valence-corrected chi connectivity index (χ1v) is 10.8. The van der Waals surface area contributed by atoms with E-state index >= 15 is 0 Å². The minimum absolute atomic E-state index is 0.118. The number of hydrogen-bond donors (Lipinski definition) is 2. The third-order valence-electron chi connectivity index (χ3n) is 5.32. The number of hydrogen-bond acceptors (Lipinski definition) is 8. The first-order valence-electron chi connectivity index (χ1n) is 10.8. The minimum Gasteiger partial charge on any atom is -0.507 e.